The zero-order chi connectivity index (χ0) is 16.4. The third kappa shape index (κ3) is 3.67. The van der Waals surface area contributed by atoms with Crippen molar-refractivity contribution in [3.8, 4) is 5.75 Å². The molecule has 0 N–H and O–H groups in total. The van der Waals surface area contributed by atoms with Crippen LogP contribution in [0.2, 0.25) is 0 Å². The summed E-state index contributed by atoms with van der Waals surface area (Å²) in [6, 6.07) is 14.1. The molecule has 0 atom stereocenters. The van der Waals surface area contributed by atoms with Crippen LogP contribution in [0.15, 0.2) is 46.9 Å². The van der Waals surface area contributed by atoms with Gasteiger partial charge >= 0.3 is 0 Å². The van der Waals surface area contributed by atoms with E-state index < -0.39 is 0 Å². The highest BCUT2D eigenvalue weighted by Crippen LogP contribution is 2.27. The molecule has 0 unspecified atom stereocenters. The minimum Gasteiger partial charge on any atom is -0.483 e. The Balaban J connectivity index is 1.79. The van der Waals surface area contributed by atoms with Crippen LogP contribution in [0.25, 0.3) is 0 Å². The highest BCUT2D eigenvalue weighted by molar-refractivity contribution is 9.10. The number of benzene rings is 2. The average Bonchev–Trinajstić information content (AvgIpc) is 2.67. The molecule has 0 fully saturated rings. The molecule has 1 heterocycles. The van der Waals surface area contributed by atoms with Gasteiger partial charge in [-0.15, -0.1) is 0 Å². The van der Waals surface area contributed by atoms with Crippen LogP contribution in [0.1, 0.15) is 11.1 Å². The normalized spacial score (nSPS) is 14.0. The first-order chi connectivity index (χ1) is 11.0. The zero-order valence-corrected chi connectivity index (χ0v) is 14.8. The minimum absolute atomic E-state index is 0.00834. The van der Waals surface area contributed by atoms with E-state index in [0.717, 1.165) is 27.0 Å². The van der Waals surface area contributed by atoms with Crippen LogP contribution in [0.5, 0.6) is 5.75 Å². The number of ether oxygens (including phenoxy) is 1. The van der Waals surface area contributed by atoms with Gasteiger partial charge in [0.15, 0.2) is 6.61 Å². The summed E-state index contributed by atoms with van der Waals surface area (Å²) in [4.78, 5) is 16.2. The van der Waals surface area contributed by atoms with E-state index in [9.17, 15) is 4.79 Å². The van der Waals surface area contributed by atoms with E-state index in [2.05, 4.69) is 45.1 Å². The van der Waals surface area contributed by atoms with Gasteiger partial charge < -0.3 is 14.5 Å². The number of fused-ring (bicyclic) bond motifs is 1. The Kier molecular flexibility index (Phi) is 4.57. The van der Waals surface area contributed by atoms with Crippen LogP contribution < -0.4 is 9.64 Å². The Labute approximate surface area is 144 Å². The molecule has 0 saturated carbocycles. The molecular weight excluding hydrogens is 356 g/mol. The maximum atomic E-state index is 12.3. The standard InChI is InChI=1S/C18H19BrN2O2/c1-20(2)16-6-3-13(4-7-16)10-21-11-14-9-15(19)5-8-17(14)23-12-18(21)22/h3-9H,10-12H2,1-2H3. The van der Waals surface area contributed by atoms with Crippen LogP contribution in [0, 0.1) is 0 Å². The fraction of sp³-hybridized carbons (Fsp3) is 0.278. The molecule has 0 aromatic heterocycles. The van der Waals surface area contributed by atoms with Gasteiger partial charge in [-0.05, 0) is 35.9 Å². The second-order valence-corrected chi connectivity index (χ2v) is 6.77. The van der Waals surface area contributed by atoms with E-state index in [1.54, 1.807) is 0 Å². The number of nitrogens with zero attached hydrogens (tertiary/aromatic N) is 2. The highest BCUT2D eigenvalue weighted by Gasteiger charge is 2.21. The monoisotopic (exact) mass is 374 g/mol. The number of halogens is 1. The van der Waals surface area contributed by atoms with Gasteiger partial charge in [0.2, 0.25) is 0 Å². The fourth-order valence-electron chi connectivity index (χ4n) is 2.60. The van der Waals surface area contributed by atoms with E-state index in [1.807, 2.05) is 37.2 Å². The topological polar surface area (TPSA) is 32.8 Å². The Hall–Kier alpha value is -2.01. The zero-order valence-electron chi connectivity index (χ0n) is 13.3. The molecule has 3 rings (SSSR count). The largest absolute Gasteiger partial charge is 0.483 e. The van der Waals surface area contributed by atoms with Gasteiger partial charge in [0.1, 0.15) is 5.75 Å². The third-order valence-electron chi connectivity index (χ3n) is 3.91. The van der Waals surface area contributed by atoms with Crippen LogP contribution in [0.4, 0.5) is 5.69 Å². The molecule has 0 radical (unpaired) electrons. The SMILES string of the molecule is CN(C)c1ccc(CN2Cc3cc(Br)ccc3OCC2=O)cc1. The molecule has 0 bridgehead atoms. The first-order valence-electron chi connectivity index (χ1n) is 7.48. The van der Waals surface area contributed by atoms with Crippen LogP contribution in [0.3, 0.4) is 0 Å². The van der Waals surface area contributed by atoms with Gasteiger partial charge in [-0.25, -0.2) is 0 Å². The van der Waals surface area contributed by atoms with E-state index in [-0.39, 0.29) is 12.5 Å². The Morgan fingerprint density at radius 1 is 1.17 bits per heavy atom. The molecule has 0 aliphatic carbocycles. The van der Waals surface area contributed by atoms with Crippen molar-refractivity contribution in [1.29, 1.82) is 0 Å². The fourth-order valence-corrected chi connectivity index (χ4v) is 3.01. The lowest BCUT2D eigenvalue weighted by Gasteiger charge is -2.21. The van der Waals surface area contributed by atoms with E-state index >= 15 is 0 Å². The minimum atomic E-state index is 0.00834. The van der Waals surface area contributed by atoms with Crippen molar-refractivity contribution in [2.24, 2.45) is 0 Å². The van der Waals surface area contributed by atoms with Crippen molar-refractivity contribution in [2.45, 2.75) is 13.1 Å². The van der Waals surface area contributed by atoms with Crippen molar-refractivity contribution < 1.29 is 9.53 Å². The summed E-state index contributed by atoms with van der Waals surface area (Å²) in [5.41, 5.74) is 3.28. The van der Waals surface area contributed by atoms with Gasteiger partial charge in [-0.2, -0.15) is 0 Å². The Morgan fingerprint density at radius 2 is 1.91 bits per heavy atom. The van der Waals surface area contributed by atoms with Crippen molar-refractivity contribution in [3.63, 3.8) is 0 Å². The summed E-state index contributed by atoms with van der Waals surface area (Å²) in [5, 5.41) is 0. The molecule has 1 amide bonds. The summed E-state index contributed by atoms with van der Waals surface area (Å²) in [5.74, 6) is 0.793. The second kappa shape index (κ2) is 6.62. The van der Waals surface area contributed by atoms with Gasteiger partial charge in [0.05, 0.1) is 0 Å². The van der Waals surface area contributed by atoms with Crippen molar-refractivity contribution in [1.82, 2.24) is 4.90 Å². The van der Waals surface area contributed by atoms with Crippen LogP contribution in [-0.2, 0) is 17.9 Å². The number of anilines is 1. The number of hydrogen-bond acceptors (Lipinski definition) is 3. The molecule has 23 heavy (non-hydrogen) atoms. The maximum Gasteiger partial charge on any atom is 0.261 e. The summed E-state index contributed by atoms with van der Waals surface area (Å²) in [6.45, 7) is 1.23. The number of amides is 1. The predicted molar refractivity (Wildman–Crippen MR) is 94.7 cm³/mol. The van der Waals surface area contributed by atoms with Gasteiger partial charge in [-0.3, -0.25) is 4.79 Å². The molecule has 0 spiro atoms. The van der Waals surface area contributed by atoms with Gasteiger partial charge in [0.25, 0.3) is 5.91 Å². The summed E-state index contributed by atoms with van der Waals surface area (Å²) >= 11 is 3.48. The molecule has 5 heteroatoms. The Morgan fingerprint density at radius 3 is 2.61 bits per heavy atom. The second-order valence-electron chi connectivity index (χ2n) is 5.85. The highest BCUT2D eigenvalue weighted by atomic mass is 79.9. The lowest BCUT2D eigenvalue weighted by Crippen LogP contribution is -2.31. The van der Waals surface area contributed by atoms with E-state index in [4.69, 9.17) is 4.74 Å². The smallest absolute Gasteiger partial charge is 0.261 e. The number of carbonyl (C=O) groups is 1. The third-order valence-corrected chi connectivity index (χ3v) is 4.41. The molecule has 1 aliphatic heterocycles. The van der Waals surface area contributed by atoms with Crippen molar-refractivity contribution in [2.75, 3.05) is 25.6 Å². The average molecular weight is 375 g/mol. The number of rotatable bonds is 3. The summed E-state index contributed by atoms with van der Waals surface area (Å²) in [7, 11) is 4.03. The molecule has 2 aromatic rings. The molecular formula is C18H19BrN2O2. The van der Waals surface area contributed by atoms with E-state index in [0.29, 0.717) is 13.1 Å². The Bertz CT molecular complexity index is 713. The first kappa shape index (κ1) is 15.9. The quantitative estimate of drug-likeness (QED) is 0.824. The van der Waals surface area contributed by atoms with Crippen molar-refractivity contribution >= 4 is 27.5 Å². The molecule has 2 aromatic carbocycles. The van der Waals surface area contributed by atoms with Crippen LogP contribution in [-0.4, -0.2) is 31.5 Å². The summed E-state index contributed by atoms with van der Waals surface area (Å²) < 4.78 is 6.61. The first-order valence-corrected chi connectivity index (χ1v) is 8.27. The lowest BCUT2D eigenvalue weighted by molar-refractivity contribution is -0.133. The maximum absolute atomic E-state index is 12.3. The molecule has 0 saturated heterocycles. The van der Waals surface area contributed by atoms with Gasteiger partial charge in [0, 0.05) is 42.9 Å². The van der Waals surface area contributed by atoms with Gasteiger partial charge in [-0.1, -0.05) is 28.1 Å². The number of hydrogen-bond donors (Lipinski definition) is 0. The molecule has 1 aliphatic rings. The van der Waals surface area contributed by atoms with Crippen molar-refractivity contribution in [3.05, 3.63) is 58.1 Å². The summed E-state index contributed by atoms with van der Waals surface area (Å²) in [6.07, 6.45) is 0. The lowest BCUT2D eigenvalue weighted by atomic mass is 10.1. The predicted octanol–water partition coefficient (Wildman–Crippen LogP) is 3.44. The number of carbonyl (C=O) groups excluding carboxylic acids is 1. The molecule has 4 nitrogen and oxygen atoms in total. The molecule has 120 valence electrons. The van der Waals surface area contributed by atoms with E-state index in [1.165, 1.54) is 0 Å². The van der Waals surface area contributed by atoms with Crippen LogP contribution >= 0.6 is 15.9 Å².